The minimum atomic E-state index is 0.259. The van der Waals surface area contributed by atoms with Gasteiger partial charge in [-0.25, -0.2) is 0 Å². The lowest BCUT2D eigenvalue weighted by Crippen LogP contribution is -2.27. The molecule has 2 heterocycles. The van der Waals surface area contributed by atoms with Gasteiger partial charge in [0.05, 0.1) is 12.5 Å². The summed E-state index contributed by atoms with van der Waals surface area (Å²) in [6.45, 7) is 0. The van der Waals surface area contributed by atoms with Gasteiger partial charge in [-0.05, 0) is 30.5 Å². The molecule has 1 atom stereocenters. The number of rotatable bonds is 2. The average Bonchev–Trinajstić information content (AvgIpc) is 2.89. The Balaban J connectivity index is 1.86. The second-order valence-electron chi connectivity index (χ2n) is 4.42. The van der Waals surface area contributed by atoms with E-state index in [1.54, 1.807) is 6.26 Å². The molecule has 1 aliphatic carbocycles. The monoisotopic (exact) mass is 217 g/mol. The van der Waals surface area contributed by atoms with Crippen molar-refractivity contribution in [2.75, 3.05) is 0 Å². The van der Waals surface area contributed by atoms with Gasteiger partial charge in [-0.1, -0.05) is 0 Å². The maximum atomic E-state index is 5.92. The standard InChI is InChI=1S/C13H15NO2/c14-10-3-4-12-9(8-16-13(12)7-10)6-11-2-1-5-15-11/h1-2,5,8,10H,3-4,6-7,14H2. The predicted molar refractivity (Wildman–Crippen MR) is 60.2 cm³/mol. The maximum Gasteiger partial charge on any atom is 0.108 e. The summed E-state index contributed by atoms with van der Waals surface area (Å²) in [7, 11) is 0. The van der Waals surface area contributed by atoms with Crippen LogP contribution in [-0.4, -0.2) is 6.04 Å². The van der Waals surface area contributed by atoms with Crippen LogP contribution in [-0.2, 0) is 19.3 Å². The van der Waals surface area contributed by atoms with E-state index in [9.17, 15) is 0 Å². The highest BCUT2D eigenvalue weighted by molar-refractivity contribution is 5.33. The van der Waals surface area contributed by atoms with Crippen molar-refractivity contribution in [1.82, 2.24) is 0 Å². The summed E-state index contributed by atoms with van der Waals surface area (Å²) in [5.74, 6) is 2.05. The summed E-state index contributed by atoms with van der Waals surface area (Å²) in [6, 6.07) is 4.17. The molecule has 0 bridgehead atoms. The second kappa shape index (κ2) is 3.83. The molecule has 3 rings (SSSR count). The van der Waals surface area contributed by atoms with E-state index < -0.39 is 0 Å². The van der Waals surface area contributed by atoms with Crippen LogP contribution in [0.1, 0.15) is 29.1 Å². The fourth-order valence-electron chi connectivity index (χ4n) is 2.35. The van der Waals surface area contributed by atoms with E-state index in [0.717, 1.165) is 37.2 Å². The number of hydrogen-bond donors (Lipinski definition) is 1. The minimum absolute atomic E-state index is 0.259. The van der Waals surface area contributed by atoms with E-state index in [2.05, 4.69) is 0 Å². The van der Waals surface area contributed by atoms with Crippen molar-refractivity contribution in [3.63, 3.8) is 0 Å². The zero-order valence-corrected chi connectivity index (χ0v) is 9.11. The first-order valence-electron chi connectivity index (χ1n) is 5.69. The third-order valence-corrected chi connectivity index (χ3v) is 3.23. The Morgan fingerprint density at radius 1 is 1.38 bits per heavy atom. The topological polar surface area (TPSA) is 52.3 Å². The van der Waals surface area contributed by atoms with Crippen molar-refractivity contribution in [2.24, 2.45) is 5.73 Å². The molecule has 0 saturated carbocycles. The molecule has 0 aromatic carbocycles. The van der Waals surface area contributed by atoms with E-state index in [0.29, 0.717) is 0 Å². The summed E-state index contributed by atoms with van der Waals surface area (Å²) in [4.78, 5) is 0. The average molecular weight is 217 g/mol. The molecule has 0 fully saturated rings. The molecule has 16 heavy (non-hydrogen) atoms. The predicted octanol–water partition coefficient (Wildman–Crippen LogP) is 2.28. The first kappa shape index (κ1) is 9.73. The maximum absolute atomic E-state index is 5.92. The zero-order chi connectivity index (χ0) is 11.0. The second-order valence-corrected chi connectivity index (χ2v) is 4.42. The highest BCUT2D eigenvalue weighted by Crippen LogP contribution is 2.27. The quantitative estimate of drug-likeness (QED) is 0.839. The first-order chi connectivity index (χ1) is 7.83. The van der Waals surface area contributed by atoms with Crippen molar-refractivity contribution in [1.29, 1.82) is 0 Å². The fraction of sp³-hybridized carbons (Fsp3) is 0.385. The van der Waals surface area contributed by atoms with E-state index in [4.69, 9.17) is 14.6 Å². The highest BCUT2D eigenvalue weighted by atomic mass is 16.3. The highest BCUT2D eigenvalue weighted by Gasteiger charge is 2.22. The summed E-state index contributed by atoms with van der Waals surface area (Å²) >= 11 is 0. The third-order valence-electron chi connectivity index (χ3n) is 3.23. The smallest absolute Gasteiger partial charge is 0.108 e. The van der Waals surface area contributed by atoms with Crippen LogP contribution >= 0.6 is 0 Å². The molecule has 1 aliphatic rings. The van der Waals surface area contributed by atoms with Gasteiger partial charge in [-0.2, -0.15) is 0 Å². The molecule has 2 aromatic rings. The van der Waals surface area contributed by atoms with Crippen LogP contribution in [0.25, 0.3) is 0 Å². The summed E-state index contributed by atoms with van der Waals surface area (Å²) < 4.78 is 10.9. The molecule has 2 N–H and O–H groups in total. The van der Waals surface area contributed by atoms with Gasteiger partial charge >= 0.3 is 0 Å². The van der Waals surface area contributed by atoms with Gasteiger partial charge in [0.15, 0.2) is 0 Å². The Morgan fingerprint density at radius 3 is 3.12 bits per heavy atom. The Bertz CT molecular complexity index is 470. The van der Waals surface area contributed by atoms with Crippen LogP contribution in [0.4, 0.5) is 0 Å². The number of furan rings is 2. The molecule has 0 radical (unpaired) electrons. The Morgan fingerprint density at radius 2 is 2.31 bits per heavy atom. The number of fused-ring (bicyclic) bond motifs is 1. The van der Waals surface area contributed by atoms with Gasteiger partial charge in [-0.15, -0.1) is 0 Å². The minimum Gasteiger partial charge on any atom is -0.469 e. The van der Waals surface area contributed by atoms with Gasteiger partial charge in [0.1, 0.15) is 11.5 Å². The van der Waals surface area contributed by atoms with Gasteiger partial charge in [0, 0.05) is 24.4 Å². The third kappa shape index (κ3) is 1.67. The first-order valence-corrected chi connectivity index (χ1v) is 5.69. The van der Waals surface area contributed by atoms with E-state index >= 15 is 0 Å². The van der Waals surface area contributed by atoms with Gasteiger partial charge < -0.3 is 14.6 Å². The van der Waals surface area contributed by atoms with E-state index in [-0.39, 0.29) is 6.04 Å². The van der Waals surface area contributed by atoms with Gasteiger partial charge in [0.2, 0.25) is 0 Å². The van der Waals surface area contributed by atoms with Crippen LogP contribution in [0.5, 0.6) is 0 Å². The van der Waals surface area contributed by atoms with Crippen LogP contribution < -0.4 is 5.73 Å². The lowest BCUT2D eigenvalue weighted by Gasteiger charge is -2.17. The molecule has 0 amide bonds. The largest absolute Gasteiger partial charge is 0.469 e. The molecule has 0 saturated heterocycles. The molecule has 0 aliphatic heterocycles. The number of nitrogens with two attached hydrogens (primary N) is 1. The Labute approximate surface area is 94.2 Å². The van der Waals surface area contributed by atoms with Crippen molar-refractivity contribution >= 4 is 0 Å². The van der Waals surface area contributed by atoms with E-state index in [1.165, 1.54) is 11.1 Å². The SMILES string of the molecule is NC1CCc2c(Cc3ccco3)coc2C1. The van der Waals surface area contributed by atoms with Crippen molar-refractivity contribution in [3.05, 3.63) is 47.3 Å². The molecular weight excluding hydrogens is 202 g/mol. The zero-order valence-electron chi connectivity index (χ0n) is 9.11. The van der Waals surface area contributed by atoms with E-state index in [1.807, 2.05) is 18.4 Å². The summed E-state index contributed by atoms with van der Waals surface area (Å²) in [6.07, 6.45) is 7.33. The van der Waals surface area contributed by atoms with Crippen LogP contribution in [0.2, 0.25) is 0 Å². The van der Waals surface area contributed by atoms with Crippen molar-refractivity contribution in [2.45, 2.75) is 31.7 Å². The molecule has 84 valence electrons. The lowest BCUT2D eigenvalue weighted by atomic mass is 9.91. The summed E-state index contributed by atoms with van der Waals surface area (Å²) in [5.41, 5.74) is 8.51. The van der Waals surface area contributed by atoms with Crippen LogP contribution in [0.15, 0.2) is 33.5 Å². The van der Waals surface area contributed by atoms with Crippen molar-refractivity contribution in [3.8, 4) is 0 Å². The van der Waals surface area contributed by atoms with Gasteiger partial charge in [0.25, 0.3) is 0 Å². The lowest BCUT2D eigenvalue weighted by molar-refractivity contribution is 0.449. The molecular formula is C13H15NO2. The fourth-order valence-corrected chi connectivity index (χ4v) is 2.35. The molecule has 3 nitrogen and oxygen atoms in total. The van der Waals surface area contributed by atoms with Crippen LogP contribution in [0, 0.1) is 0 Å². The molecule has 1 unspecified atom stereocenters. The normalized spacial score (nSPS) is 19.7. The molecule has 2 aromatic heterocycles. The van der Waals surface area contributed by atoms with Crippen LogP contribution in [0.3, 0.4) is 0 Å². The summed E-state index contributed by atoms with van der Waals surface area (Å²) in [5, 5.41) is 0. The molecule has 3 heteroatoms. The van der Waals surface area contributed by atoms with Crippen molar-refractivity contribution < 1.29 is 8.83 Å². The Kier molecular flexibility index (Phi) is 2.33. The van der Waals surface area contributed by atoms with Gasteiger partial charge in [-0.3, -0.25) is 0 Å². The Hall–Kier alpha value is -1.48. The number of hydrogen-bond acceptors (Lipinski definition) is 3. The molecule has 0 spiro atoms.